The van der Waals surface area contributed by atoms with Crippen molar-refractivity contribution in [3.8, 4) is 0 Å². The molecule has 0 unspecified atom stereocenters. The lowest BCUT2D eigenvalue weighted by molar-refractivity contribution is 0.244. The number of furan rings is 1. The molecule has 0 bridgehead atoms. The Balaban J connectivity index is 2.12. The van der Waals surface area contributed by atoms with Crippen molar-refractivity contribution in [2.75, 3.05) is 12.3 Å². The van der Waals surface area contributed by atoms with E-state index in [0.717, 1.165) is 47.9 Å². The zero-order valence-corrected chi connectivity index (χ0v) is 11.8. The average Bonchev–Trinajstić information content (AvgIpc) is 2.91. The molecule has 0 atom stereocenters. The number of nitrogen functional groups attached to an aromatic ring is 1. The Morgan fingerprint density at radius 3 is 2.74 bits per heavy atom. The molecule has 0 spiro atoms. The van der Waals surface area contributed by atoms with Crippen molar-refractivity contribution in [2.45, 2.75) is 33.9 Å². The maximum absolute atomic E-state index is 6.06. The molecule has 0 aliphatic heterocycles. The van der Waals surface area contributed by atoms with Crippen LogP contribution in [0.4, 0.5) is 5.69 Å². The zero-order chi connectivity index (χ0) is 13.8. The van der Waals surface area contributed by atoms with E-state index in [0.29, 0.717) is 0 Å². The highest BCUT2D eigenvalue weighted by atomic mass is 16.3. The first-order valence-corrected chi connectivity index (χ1v) is 6.57. The molecule has 19 heavy (non-hydrogen) atoms. The second-order valence-electron chi connectivity index (χ2n) is 4.81. The number of aromatic nitrogens is 1. The van der Waals surface area contributed by atoms with Crippen LogP contribution < -0.4 is 5.73 Å². The highest BCUT2D eigenvalue weighted by Gasteiger charge is 2.11. The Labute approximate surface area is 114 Å². The lowest BCUT2D eigenvalue weighted by Gasteiger charge is -2.20. The van der Waals surface area contributed by atoms with Crippen LogP contribution in [0.1, 0.15) is 29.5 Å². The fourth-order valence-electron chi connectivity index (χ4n) is 2.07. The van der Waals surface area contributed by atoms with Crippen LogP contribution in [0.3, 0.4) is 0 Å². The summed E-state index contributed by atoms with van der Waals surface area (Å²) in [4.78, 5) is 6.78. The van der Waals surface area contributed by atoms with Gasteiger partial charge in [0.1, 0.15) is 5.76 Å². The maximum atomic E-state index is 6.06. The number of pyridine rings is 1. The van der Waals surface area contributed by atoms with Crippen molar-refractivity contribution in [3.63, 3.8) is 0 Å². The van der Waals surface area contributed by atoms with Gasteiger partial charge in [0.2, 0.25) is 0 Å². The van der Waals surface area contributed by atoms with Crippen LogP contribution in [-0.4, -0.2) is 16.4 Å². The van der Waals surface area contributed by atoms with E-state index in [-0.39, 0.29) is 0 Å². The van der Waals surface area contributed by atoms with Gasteiger partial charge >= 0.3 is 0 Å². The Kier molecular flexibility index (Phi) is 4.22. The molecule has 0 fully saturated rings. The Morgan fingerprint density at radius 1 is 1.32 bits per heavy atom. The summed E-state index contributed by atoms with van der Waals surface area (Å²) in [5.41, 5.74) is 10.1. The van der Waals surface area contributed by atoms with Crippen LogP contribution in [0.15, 0.2) is 29.0 Å². The molecule has 2 aromatic rings. The molecule has 0 aliphatic rings. The summed E-state index contributed by atoms with van der Waals surface area (Å²) in [6.07, 6.45) is 3.55. The molecular formula is C15H21N3O. The minimum absolute atomic E-state index is 0.785. The summed E-state index contributed by atoms with van der Waals surface area (Å²) in [7, 11) is 0. The monoisotopic (exact) mass is 259 g/mol. The van der Waals surface area contributed by atoms with E-state index in [1.165, 1.54) is 0 Å². The number of aryl methyl sites for hydroxylation is 1. The van der Waals surface area contributed by atoms with Crippen molar-refractivity contribution < 1.29 is 4.42 Å². The minimum atomic E-state index is 0.785. The van der Waals surface area contributed by atoms with Crippen LogP contribution in [-0.2, 0) is 13.1 Å². The third kappa shape index (κ3) is 3.15. The van der Waals surface area contributed by atoms with E-state index in [1.807, 2.05) is 32.2 Å². The Morgan fingerprint density at radius 2 is 2.11 bits per heavy atom. The minimum Gasteiger partial charge on any atom is -0.468 e. The predicted octanol–water partition coefficient (Wildman–Crippen LogP) is 2.90. The Hall–Kier alpha value is -1.81. The van der Waals surface area contributed by atoms with E-state index >= 15 is 0 Å². The highest BCUT2D eigenvalue weighted by molar-refractivity contribution is 5.53. The van der Waals surface area contributed by atoms with E-state index in [1.54, 1.807) is 6.26 Å². The van der Waals surface area contributed by atoms with Crippen LogP contribution in [0.5, 0.6) is 0 Å². The van der Waals surface area contributed by atoms with Gasteiger partial charge in [0, 0.05) is 18.4 Å². The number of hydrogen-bond donors (Lipinski definition) is 1. The predicted molar refractivity (Wildman–Crippen MR) is 76.6 cm³/mol. The fourth-order valence-corrected chi connectivity index (χ4v) is 2.07. The topological polar surface area (TPSA) is 55.3 Å². The summed E-state index contributed by atoms with van der Waals surface area (Å²) in [6.45, 7) is 8.67. The summed E-state index contributed by atoms with van der Waals surface area (Å²) in [5.74, 6) is 0.972. The van der Waals surface area contributed by atoms with Gasteiger partial charge in [-0.25, -0.2) is 0 Å². The molecule has 102 valence electrons. The van der Waals surface area contributed by atoms with Crippen molar-refractivity contribution in [3.05, 3.63) is 47.2 Å². The molecule has 2 heterocycles. The van der Waals surface area contributed by atoms with Crippen LogP contribution in [0, 0.1) is 13.8 Å². The second-order valence-corrected chi connectivity index (χ2v) is 4.81. The Bertz CT molecular complexity index is 535. The van der Waals surface area contributed by atoms with Crippen molar-refractivity contribution >= 4 is 5.69 Å². The summed E-state index contributed by atoms with van der Waals surface area (Å²) in [5, 5.41) is 0. The average molecular weight is 259 g/mol. The molecule has 0 radical (unpaired) electrons. The highest BCUT2D eigenvalue weighted by Crippen LogP contribution is 2.19. The molecule has 0 saturated heterocycles. The SMILES string of the molecule is CCN(Cc1ccco1)Cc1ncc(C)c(N)c1C. The van der Waals surface area contributed by atoms with Gasteiger partial charge in [0.25, 0.3) is 0 Å². The van der Waals surface area contributed by atoms with E-state index in [4.69, 9.17) is 10.2 Å². The first-order chi connectivity index (χ1) is 9.11. The fraction of sp³-hybridized carbons (Fsp3) is 0.400. The van der Waals surface area contributed by atoms with E-state index in [2.05, 4.69) is 16.8 Å². The second kappa shape index (κ2) is 5.89. The molecule has 0 aromatic carbocycles. The smallest absolute Gasteiger partial charge is 0.117 e. The molecule has 0 aliphatic carbocycles. The lowest BCUT2D eigenvalue weighted by Crippen LogP contribution is -2.23. The van der Waals surface area contributed by atoms with Crippen LogP contribution >= 0.6 is 0 Å². The molecule has 2 N–H and O–H groups in total. The van der Waals surface area contributed by atoms with Gasteiger partial charge < -0.3 is 10.2 Å². The summed E-state index contributed by atoms with van der Waals surface area (Å²) in [6, 6.07) is 3.91. The molecule has 0 amide bonds. The van der Waals surface area contributed by atoms with Crippen molar-refractivity contribution in [1.29, 1.82) is 0 Å². The number of anilines is 1. The molecular weight excluding hydrogens is 238 g/mol. The number of nitrogens with two attached hydrogens (primary N) is 1. The van der Waals surface area contributed by atoms with Gasteiger partial charge in [0.05, 0.1) is 18.5 Å². The molecule has 2 rings (SSSR count). The first-order valence-electron chi connectivity index (χ1n) is 6.57. The molecule has 4 nitrogen and oxygen atoms in total. The van der Waals surface area contributed by atoms with Crippen molar-refractivity contribution in [2.24, 2.45) is 0 Å². The standard InChI is InChI=1S/C15H21N3O/c1-4-18(9-13-6-5-7-19-13)10-14-12(3)15(16)11(2)8-17-14/h5-8H,4,9-10H2,1-3H3,(H2,16,17). The van der Waals surface area contributed by atoms with Gasteiger partial charge in [-0.05, 0) is 43.7 Å². The third-order valence-electron chi connectivity index (χ3n) is 3.46. The lowest BCUT2D eigenvalue weighted by atomic mass is 10.1. The van der Waals surface area contributed by atoms with E-state index < -0.39 is 0 Å². The van der Waals surface area contributed by atoms with Gasteiger partial charge in [-0.2, -0.15) is 0 Å². The molecule has 0 saturated carbocycles. The van der Waals surface area contributed by atoms with E-state index in [9.17, 15) is 0 Å². The van der Waals surface area contributed by atoms with Gasteiger partial charge in [-0.1, -0.05) is 6.92 Å². The zero-order valence-electron chi connectivity index (χ0n) is 11.8. The summed E-state index contributed by atoms with van der Waals surface area (Å²) >= 11 is 0. The molecule has 2 aromatic heterocycles. The normalized spacial score (nSPS) is 11.2. The van der Waals surface area contributed by atoms with Crippen LogP contribution in [0.25, 0.3) is 0 Å². The number of hydrogen-bond acceptors (Lipinski definition) is 4. The van der Waals surface area contributed by atoms with Gasteiger partial charge in [-0.15, -0.1) is 0 Å². The third-order valence-corrected chi connectivity index (χ3v) is 3.46. The largest absolute Gasteiger partial charge is 0.468 e. The van der Waals surface area contributed by atoms with Crippen LogP contribution in [0.2, 0.25) is 0 Å². The maximum Gasteiger partial charge on any atom is 0.117 e. The van der Waals surface area contributed by atoms with Crippen molar-refractivity contribution in [1.82, 2.24) is 9.88 Å². The van der Waals surface area contributed by atoms with Gasteiger partial charge in [0.15, 0.2) is 0 Å². The number of rotatable bonds is 5. The number of nitrogens with zero attached hydrogens (tertiary/aromatic N) is 2. The summed E-state index contributed by atoms with van der Waals surface area (Å²) < 4.78 is 5.39. The first kappa shape index (κ1) is 13.6. The van der Waals surface area contributed by atoms with Gasteiger partial charge in [-0.3, -0.25) is 9.88 Å². The molecule has 4 heteroatoms. The quantitative estimate of drug-likeness (QED) is 0.897.